The van der Waals surface area contributed by atoms with E-state index in [4.69, 9.17) is 16.8 Å². The number of hydrogen-bond acceptors (Lipinski definition) is 4. The molecule has 5 nitrogen and oxygen atoms in total. The van der Waals surface area contributed by atoms with E-state index in [0.717, 1.165) is 12.1 Å². The SMILES string of the molecule is O=C(CC/C(CC(=O)c1ccc(Cl)cc1)=N\O)Nc1cccc(C(F)(F)F)c1. The van der Waals surface area contributed by atoms with Crippen LogP contribution in [0.1, 0.15) is 35.2 Å². The van der Waals surface area contributed by atoms with Crippen LogP contribution in [0.4, 0.5) is 18.9 Å². The quantitative estimate of drug-likeness (QED) is 0.284. The van der Waals surface area contributed by atoms with Crippen molar-refractivity contribution in [3.8, 4) is 0 Å². The minimum atomic E-state index is -4.51. The van der Waals surface area contributed by atoms with E-state index in [9.17, 15) is 22.8 Å². The third kappa shape index (κ3) is 6.38. The molecule has 148 valence electrons. The average molecular weight is 413 g/mol. The number of carbonyl (C=O) groups is 2. The van der Waals surface area contributed by atoms with E-state index in [1.165, 1.54) is 24.3 Å². The van der Waals surface area contributed by atoms with E-state index in [1.807, 2.05) is 0 Å². The van der Waals surface area contributed by atoms with Crippen LogP contribution in [-0.2, 0) is 11.0 Å². The highest BCUT2D eigenvalue weighted by Crippen LogP contribution is 2.30. The summed E-state index contributed by atoms with van der Waals surface area (Å²) in [5.41, 5.74) is -0.422. The molecule has 0 saturated carbocycles. The molecule has 0 atom stereocenters. The third-order valence-electron chi connectivity index (χ3n) is 3.79. The van der Waals surface area contributed by atoms with E-state index < -0.39 is 17.6 Å². The standard InChI is InChI=1S/C19H16ClF3N2O3/c20-14-6-4-12(5-7-14)17(26)11-16(25-28)8-9-18(27)24-15-3-1-2-13(10-15)19(21,22)23/h1-7,10,28H,8-9,11H2,(H,24,27)/b25-16+. The number of benzene rings is 2. The van der Waals surface area contributed by atoms with Crippen molar-refractivity contribution in [2.75, 3.05) is 5.32 Å². The smallest absolute Gasteiger partial charge is 0.411 e. The number of halogens is 4. The van der Waals surface area contributed by atoms with Crippen molar-refractivity contribution >= 4 is 34.7 Å². The maximum atomic E-state index is 12.7. The Bertz CT molecular complexity index is 881. The van der Waals surface area contributed by atoms with E-state index in [-0.39, 0.29) is 36.4 Å². The van der Waals surface area contributed by atoms with Crippen molar-refractivity contribution < 1.29 is 28.0 Å². The average Bonchev–Trinajstić information content (AvgIpc) is 2.65. The number of ketones is 1. The Balaban J connectivity index is 1.90. The van der Waals surface area contributed by atoms with Gasteiger partial charge in [-0.3, -0.25) is 9.59 Å². The minimum absolute atomic E-state index is 0.000414. The summed E-state index contributed by atoms with van der Waals surface area (Å²) in [5, 5.41) is 14.9. The lowest BCUT2D eigenvalue weighted by Gasteiger charge is -2.10. The van der Waals surface area contributed by atoms with Gasteiger partial charge in [0.2, 0.25) is 5.91 Å². The van der Waals surface area contributed by atoms with Crippen LogP contribution in [-0.4, -0.2) is 22.6 Å². The van der Waals surface area contributed by atoms with Crippen LogP contribution in [0.25, 0.3) is 0 Å². The van der Waals surface area contributed by atoms with Crippen LogP contribution < -0.4 is 5.32 Å². The van der Waals surface area contributed by atoms with Crippen LogP contribution in [0.15, 0.2) is 53.7 Å². The summed E-state index contributed by atoms with van der Waals surface area (Å²) in [6.45, 7) is 0. The molecule has 2 aromatic rings. The minimum Gasteiger partial charge on any atom is -0.411 e. The molecule has 28 heavy (non-hydrogen) atoms. The molecule has 0 aromatic heterocycles. The molecule has 0 bridgehead atoms. The zero-order valence-corrected chi connectivity index (χ0v) is 15.2. The van der Waals surface area contributed by atoms with Gasteiger partial charge in [-0.2, -0.15) is 13.2 Å². The molecule has 9 heteroatoms. The maximum Gasteiger partial charge on any atom is 0.416 e. The van der Waals surface area contributed by atoms with Crippen LogP contribution in [0.2, 0.25) is 5.02 Å². The lowest BCUT2D eigenvalue weighted by molar-refractivity contribution is -0.137. The van der Waals surface area contributed by atoms with E-state index in [0.29, 0.717) is 10.6 Å². The van der Waals surface area contributed by atoms with Gasteiger partial charge < -0.3 is 10.5 Å². The van der Waals surface area contributed by atoms with Gasteiger partial charge in [-0.1, -0.05) is 22.8 Å². The monoisotopic (exact) mass is 412 g/mol. The first-order valence-electron chi connectivity index (χ1n) is 8.14. The molecule has 0 saturated heterocycles. The highest BCUT2D eigenvalue weighted by Gasteiger charge is 2.30. The fourth-order valence-electron chi connectivity index (χ4n) is 2.35. The van der Waals surface area contributed by atoms with Crippen molar-refractivity contribution in [1.29, 1.82) is 0 Å². The van der Waals surface area contributed by atoms with E-state index >= 15 is 0 Å². The molecular formula is C19H16ClF3N2O3. The molecule has 1 amide bonds. The Hall–Kier alpha value is -2.87. The number of amides is 1. The second kappa shape index (κ2) is 9.36. The summed E-state index contributed by atoms with van der Waals surface area (Å²) in [7, 11) is 0. The first-order valence-corrected chi connectivity index (χ1v) is 8.52. The molecule has 0 spiro atoms. The summed E-state index contributed by atoms with van der Waals surface area (Å²) in [4.78, 5) is 24.1. The number of oxime groups is 1. The molecule has 0 aliphatic rings. The third-order valence-corrected chi connectivity index (χ3v) is 4.04. The lowest BCUT2D eigenvalue weighted by atomic mass is 10.0. The molecule has 0 unspecified atom stereocenters. The van der Waals surface area contributed by atoms with Gasteiger partial charge in [0.05, 0.1) is 17.7 Å². The van der Waals surface area contributed by atoms with Gasteiger partial charge in [0.25, 0.3) is 0 Å². The molecule has 2 rings (SSSR count). The van der Waals surface area contributed by atoms with Crippen molar-refractivity contribution in [2.45, 2.75) is 25.4 Å². The largest absolute Gasteiger partial charge is 0.416 e. The van der Waals surface area contributed by atoms with E-state index in [2.05, 4.69) is 10.5 Å². The van der Waals surface area contributed by atoms with Crippen LogP contribution in [0.3, 0.4) is 0 Å². The second-order valence-corrected chi connectivity index (χ2v) is 6.34. The zero-order valence-electron chi connectivity index (χ0n) is 14.5. The molecular weight excluding hydrogens is 397 g/mol. The van der Waals surface area contributed by atoms with Crippen molar-refractivity contribution in [1.82, 2.24) is 0 Å². The predicted octanol–water partition coefficient (Wildman–Crippen LogP) is 5.18. The molecule has 0 aliphatic heterocycles. The number of nitrogens with zero attached hydrogens (tertiary/aromatic N) is 1. The Morgan fingerprint density at radius 2 is 1.75 bits per heavy atom. The first kappa shape index (κ1) is 21.4. The predicted molar refractivity (Wildman–Crippen MR) is 98.9 cm³/mol. The summed E-state index contributed by atoms with van der Waals surface area (Å²) in [6.07, 6.45) is -4.90. The van der Waals surface area contributed by atoms with Crippen LogP contribution >= 0.6 is 11.6 Å². The van der Waals surface area contributed by atoms with Gasteiger partial charge >= 0.3 is 6.18 Å². The number of alkyl halides is 3. The van der Waals surface area contributed by atoms with Crippen molar-refractivity contribution in [2.24, 2.45) is 5.16 Å². The second-order valence-electron chi connectivity index (χ2n) is 5.90. The van der Waals surface area contributed by atoms with Gasteiger partial charge in [-0.15, -0.1) is 0 Å². The van der Waals surface area contributed by atoms with E-state index in [1.54, 1.807) is 12.1 Å². The summed E-state index contributed by atoms with van der Waals surface area (Å²) >= 11 is 5.75. The number of hydrogen-bond donors (Lipinski definition) is 2. The molecule has 0 fully saturated rings. The highest BCUT2D eigenvalue weighted by atomic mass is 35.5. The lowest BCUT2D eigenvalue weighted by Crippen LogP contribution is -2.16. The number of nitrogens with one attached hydrogen (secondary N) is 1. The molecule has 0 radical (unpaired) electrons. The fourth-order valence-corrected chi connectivity index (χ4v) is 2.48. The first-order chi connectivity index (χ1) is 13.2. The summed E-state index contributed by atoms with van der Waals surface area (Å²) in [6, 6.07) is 10.4. The Labute approximate surface area is 163 Å². The van der Waals surface area contributed by atoms with Crippen LogP contribution in [0, 0.1) is 0 Å². The Kier molecular flexibility index (Phi) is 7.17. The van der Waals surface area contributed by atoms with Gasteiger partial charge in [-0.05, 0) is 48.9 Å². The topological polar surface area (TPSA) is 78.8 Å². The van der Waals surface area contributed by atoms with Gasteiger partial charge in [0.15, 0.2) is 5.78 Å². The number of anilines is 1. The molecule has 2 N–H and O–H groups in total. The van der Waals surface area contributed by atoms with Crippen molar-refractivity contribution in [3.05, 3.63) is 64.7 Å². The van der Waals surface area contributed by atoms with Gasteiger partial charge in [-0.25, -0.2) is 0 Å². The highest BCUT2D eigenvalue weighted by molar-refractivity contribution is 6.30. The Morgan fingerprint density at radius 1 is 1.07 bits per heavy atom. The van der Waals surface area contributed by atoms with Crippen LogP contribution in [0.5, 0.6) is 0 Å². The molecule has 2 aromatic carbocycles. The zero-order chi connectivity index (χ0) is 20.7. The number of carbonyl (C=O) groups excluding carboxylic acids is 2. The maximum absolute atomic E-state index is 12.7. The summed E-state index contributed by atoms with van der Waals surface area (Å²) in [5.74, 6) is -0.887. The number of Topliss-reactive ketones (excluding diaryl/α,β-unsaturated/α-hetero) is 1. The Morgan fingerprint density at radius 3 is 2.36 bits per heavy atom. The van der Waals surface area contributed by atoms with Gasteiger partial charge in [0, 0.05) is 22.7 Å². The molecule has 0 aliphatic carbocycles. The van der Waals surface area contributed by atoms with Gasteiger partial charge in [0.1, 0.15) is 0 Å². The van der Waals surface area contributed by atoms with Crippen molar-refractivity contribution in [3.63, 3.8) is 0 Å². The summed E-state index contributed by atoms with van der Waals surface area (Å²) < 4.78 is 38.1. The fraction of sp³-hybridized carbons (Fsp3) is 0.211. The number of rotatable bonds is 7. The normalized spacial score (nSPS) is 11.9. The molecule has 0 heterocycles.